The summed E-state index contributed by atoms with van der Waals surface area (Å²) in [6.07, 6.45) is 3.43. The fourth-order valence-electron chi connectivity index (χ4n) is 5.07. The number of carbonyl (C=O) groups excluding carboxylic acids is 3. The van der Waals surface area contributed by atoms with Gasteiger partial charge in [-0.25, -0.2) is 4.98 Å². The average molecular weight is 668 g/mol. The number of unbranched alkanes of at least 4 members (excludes halogenated alkanes) is 3. The number of hydrogen-bond donors (Lipinski definition) is 4. The average Bonchev–Trinajstić information content (AvgIpc) is 3.60. The van der Waals surface area contributed by atoms with Gasteiger partial charge in [0.2, 0.25) is 17.7 Å². The number of hydrogen-bond acceptors (Lipinski definition) is 9. The molecule has 1 aliphatic rings. The maximum atomic E-state index is 13.7. The summed E-state index contributed by atoms with van der Waals surface area (Å²) in [6, 6.07) is 6.14. The number of aryl methyl sites for hydroxylation is 1. The zero-order valence-corrected chi connectivity index (χ0v) is 28.5. The van der Waals surface area contributed by atoms with E-state index in [0.29, 0.717) is 19.8 Å². The van der Waals surface area contributed by atoms with E-state index in [0.717, 1.165) is 47.4 Å². The molecule has 3 amide bonds. The van der Waals surface area contributed by atoms with Gasteiger partial charge < -0.3 is 35.8 Å². The van der Waals surface area contributed by atoms with Gasteiger partial charge in [-0.3, -0.25) is 14.4 Å². The molecule has 0 unspecified atom stereocenters. The van der Waals surface area contributed by atoms with Crippen LogP contribution < -0.4 is 16.4 Å². The van der Waals surface area contributed by atoms with Gasteiger partial charge in [-0.05, 0) is 42.9 Å². The van der Waals surface area contributed by atoms with Gasteiger partial charge in [0.1, 0.15) is 18.7 Å². The van der Waals surface area contributed by atoms with E-state index in [-0.39, 0.29) is 51.0 Å². The van der Waals surface area contributed by atoms with Crippen molar-refractivity contribution in [1.82, 2.24) is 20.5 Å². The third-order valence-corrected chi connectivity index (χ3v) is 8.54. The minimum absolute atomic E-state index is 0. The van der Waals surface area contributed by atoms with Crippen molar-refractivity contribution in [2.75, 3.05) is 39.5 Å². The van der Waals surface area contributed by atoms with E-state index < -0.39 is 35.4 Å². The monoisotopic (exact) mass is 667 g/mol. The number of nitrogens with two attached hydrogens (primary N) is 1. The Bertz CT molecular complexity index is 1210. The summed E-state index contributed by atoms with van der Waals surface area (Å²) in [6.45, 7) is 9.57. The second-order valence-electron chi connectivity index (χ2n) is 12.3. The Morgan fingerprint density at radius 3 is 2.42 bits per heavy atom. The number of benzene rings is 1. The van der Waals surface area contributed by atoms with E-state index in [9.17, 15) is 19.5 Å². The normalized spacial score (nSPS) is 17.1. The molecule has 3 atom stereocenters. The molecule has 2 heterocycles. The molecule has 5 N–H and O–H groups in total. The van der Waals surface area contributed by atoms with Crippen molar-refractivity contribution in [1.29, 1.82) is 0 Å². The Hall–Kier alpha value is -2.61. The Kier molecular flexibility index (Phi) is 16.4. The van der Waals surface area contributed by atoms with Crippen LogP contribution in [-0.2, 0) is 30.4 Å². The highest BCUT2D eigenvalue weighted by Crippen LogP contribution is 2.28. The molecule has 1 aliphatic heterocycles. The molecule has 0 aliphatic carbocycles. The van der Waals surface area contributed by atoms with Gasteiger partial charge in [0.25, 0.3) is 0 Å². The lowest BCUT2D eigenvalue weighted by Gasteiger charge is -2.35. The third kappa shape index (κ3) is 12.3. The number of aliphatic hydroxyl groups is 1. The lowest BCUT2D eigenvalue weighted by Crippen LogP contribution is -2.58. The quantitative estimate of drug-likeness (QED) is 0.188. The van der Waals surface area contributed by atoms with Crippen molar-refractivity contribution in [3.8, 4) is 10.4 Å². The summed E-state index contributed by atoms with van der Waals surface area (Å²) < 4.78 is 11.0. The van der Waals surface area contributed by atoms with Crippen molar-refractivity contribution in [2.45, 2.75) is 84.5 Å². The summed E-state index contributed by atoms with van der Waals surface area (Å²) in [4.78, 5) is 46.5. The van der Waals surface area contributed by atoms with Gasteiger partial charge in [-0.15, -0.1) is 23.7 Å². The summed E-state index contributed by atoms with van der Waals surface area (Å²) in [5.74, 6) is -1.19. The van der Waals surface area contributed by atoms with E-state index in [4.69, 9.17) is 15.2 Å². The molecule has 45 heavy (non-hydrogen) atoms. The minimum atomic E-state index is -0.910. The molecule has 3 rings (SSSR count). The number of carbonyl (C=O) groups is 3. The zero-order valence-electron chi connectivity index (χ0n) is 26.9. The van der Waals surface area contributed by atoms with Crippen LogP contribution in [0.2, 0.25) is 0 Å². The SMILES string of the molecule is Cc1ncsc1-c1ccc(CNC(=O)[C@@H]2C[C@@H](O)CN2C(=O)[C@@H](NC(=O)COCCOCCCCCCN)C(C)(C)C)cc1.Cl. The molecular weight excluding hydrogens is 618 g/mol. The molecule has 1 aromatic carbocycles. The molecule has 13 heteroatoms. The van der Waals surface area contributed by atoms with Gasteiger partial charge in [-0.1, -0.05) is 57.9 Å². The number of β-amino-alcohol motifs (C(OH)–C–C–N with tert-alkyl or cyclic N) is 1. The number of amides is 3. The zero-order chi connectivity index (χ0) is 32.1. The van der Waals surface area contributed by atoms with Crippen LogP contribution in [0.15, 0.2) is 29.8 Å². The molecule has 0 bridgehead atoms. The van der Waals surface area contributed by atoms with Crippen molar-refractivity contribution < 1.29 is 29.0 Å². The van der Waals surface area contributed by atoms with Crippen LogP contribution in [0.3, 0.4) is 0 Å². The van der Waals surface area contributed by atoms with Crippen LogP contribution in [-0.4, -0.2) is 90.4 Å². The number of halogens is 1. The Balaban J connectivity index is 0.00000705. The largest absolute Gasteiger partial charge is 0.391 e. The lowest BCUT2D eigenvalue weighted by molar-refractivity contribution is -0.144. The topological polar surface area (TPSA) is 156 Å². The standard InChI is InChI=1S/C32H49N5O6S.ClH/c1-22-28(44-21-35-22)24-11-9-23(10-12-24)18-34-30(40)26-17-25(38)19-37(26)31(41)29(32(2,3)4)36-27(39)20-43-16-15-42-14-8-6-5-7-13-33;/h9-12,21,25-26,29,38H,5-8,13-20,33H2,1-4H3,(H,34,40)(H,36,39);1H/t25-,26+,29-;/m1./s1. The highest BCUT2D eigenvalue weighted by Gasteiger charge is 2.44. The van der Waals surface area contributed by atoms with Crippen LogP contribution in [0.4, 0.5) is 0 Å². The highest BCUT2D eigenvalue weighted by atomic mass is 35.5. The fourth-order valence-corrected chi connectivity index (χ4v) is 5.88. The van der Waals surface area contributed by atoms with E-state index in [1.54, 1.807) is 11.3 Å². The second kappa shape index (κ2) is 19.1. The number of likely N-dealkylation sites (tertiary alicyclic amines) is 1. The van der Waals surface area contributed by atoms with Crippen molar-refractivity contribution in [3.63, 3.8) is 0 Å². The first-order chi connectivity index (χ1) is 21.0. The molecule has 1 fully saturated rings. The van der Waals surface area contributed by atoms with Gasteiger partial charge in [-0.2, -0.15) is 0 Å². The fraction of sp³-hybridized carbons (Fsp3) is 0.625. The van der Waals surface area contributed by atoms with Gasteiger partial charge >= 0.3 is 0 Å². The first-order valence-electron chi connectivity index (χ1n) is 15.4. The maximum Gasteiger partial charge on any atom is 0.246 e. The van der Waals surface area contributed by atoms with Crippen molar-refractivity contribution in [3.05, 3.63) is 41.0 Å². The number of nitrogens with one attached hydrogen (secondary N) is 2. The number of aliphatic hydroxyl groups excluding tert-OH is 1. The Morgan fingerprint density at radius 1 is 1.09 bits per heavy atom. The van der Waals surface area contributed by atoms with Crippen LogP contribution in [0.1, 0.15) is 64.1 Å². The number of nitrogens with zero attached hydrogens (tertiary/aromatic N) is 2. The molecule has 252 valence electrons. The lowest BCUT2D eigenvalue weighted by atomic mass is 9.85. The number of aromatic nitrogens is 1. The van der Waals surface area contributed by atoms with E-state index in [1.165, 1.54) is 4.90 Å². The molecule has 0 spiro atoms. The predicted molar refractivity (Wildman–Crippen MR) is 178 cm³/mol. The maximum absolute atomic E-state index is 13.7. The number of thiazole rings is 1. The molecule has 1 aromatic heterocycles. The van der Waals surface area contributed by atoms with Crippen molar-refractivity contribution in [2.24, 2.45) is 11.1 Å². The molecule has 0 radical (unpaired) electrons. The van der Waals surface area contributed by atoms with Crippen molar-refractivity contribution >= 4 is 41.5 Å². The van der Waals surface area contributed by atoms with Crippen LogP contribution >= 0.6 is 23.7 Å². The summed E-state index contributed by atoms with van der Waals surface area (Å²) in [7, 11) is 0. The Labute approximate surface area is 277 Å². The molecule has 0 saturated carbocycles. The van der Waals surface area contributed by atoms with E-state index in [2.05, 4.69) is 15.6 Å². The third-order valence-electron chi connectivity index (χ3n) is 7.56. The summed E-state index contributed by atoms with van der Waals surface area (Å²) in [5.41, 5.74) is 9.61. The smallest absolute Gasteiger partial charge is 0.246 e. The highest BCUT2D eigenvalue weighted by molar-refractivity contribution is 7.13. The summed E-state index contributed by atoms with van der Waals surface area (Å²) in [5, 5.41) is 16.1. The predicted octanol–water partition coefficient (Wildman–Crippen LogP) is 3.20. The molecule has 11 nitrogen and oxygen atoms in total. The molecule has 2 aromatic rings. The van der Waals surface area contributed by atoms with Gasteiger partial charge in [0.05, 0.1) is 35.4 Å². The number of rotatable bonds is 17. The number of ether oxygens (including phenoxy) is 2. The minimum Gasteiger partial charge on any atom is -0.391 e. The molecular formula is C32H50ClN5O6S. The first kappa shape index (κ1) is 38.6. The Morgan fingerprint density at radius 2 is 1.78 bits per heavy atom. The summed E-state index contributed by atoms with van der Waals surface area (Å²) >= 11 is 1.58. The van der Waals surface area contributed by atoms with Crippen LogP contribution in [0, 0.1) is 12.3 Å². The van der Waals surface area contributed by atoms with Gasteiger partial charge in [0.15, 0.2) is 0 Å². The van der Waals surface area contributed by atoms with E-state index >= 15 is 0 Å². The van der Waals surface area contributed by atoms with Crippen LogP contribution in [0.5, 0.6) is 0 Å². The van der Waals surface area contributed by atoms with E-state index in [1.807, 2.05) is 57.5 Å². The van der Waals surface area contributed by atoms with Crippen LogP contribution in [0.25, 0.3) is 10.4 Å². The van der Waals surface area contributed by atoms with Gasteiger partial charge in [0, 0.05) is 26.1 Å². The molecule has 1 saturated heterocycles. The second-order valence-corrected chi connectivity index (χ2v) is 13.2. The first-order valence-corrected chi connectivity index (χ1v) is 16.3.